The molecule has 0 aliphatic rings. The summed E-state index contributed by atoms with van der Waals surface area (Å²) in [6.07, 6.45) is -4.74. The lowest BCUT2D eigenvalue weighted by molar-refractivity contribution is -0.146. The average molecular weight is 416 g/mol. The number of alkyl halides is 3. The first-order valence-electron chi connectivity index (χ1n) is 8.00. The van der Waals surface area contributed by atoms with Gasteiger partial charge in [-0.05, 0) is 31.0 Å². The number of benzene rings is 1. The van der Waals surface area contributed by atoms with E-state index in [1.54, 1.807) is 0 Å². The normalized spacial score (nSPS) is 11.4. The van der Waals surface area contributed by atoms with E-state index < -0.39 is 23.8 Å². The van der Waals surface area contributed by atoms with E-state index in [1.807, 2.05) is 32.0 Å². The summed E-state index contributed by atoms with van der Waals surface area (Å²) >= 11 is 0.697. The van der Waals surface area contributed by atoms with Crippen LogP contribution in [0.1, 0.15) is 17.0 Å². The van der Waals surface area contributed by atoms with Gasteiger partial charge in [-0.25, -0.2) is 4.68 Å². The number of amides is 2. The number of carbonyl (C=O) groups is 2. The summed E-state index contributed by atoms with van der Waals surface area (Å²) in [6, 6.07) is 5.60. The molecule has 2 aromatic rings. The Morgan fingerprint density at radius 2 is 1.96 bits per heavy atom. The number of nitrogen functional groups attached to an aromatic ring is 1. The minimum Gasteiger partial charge on any atom is -0.336 e. The molecule has 0 bridgehead atoms. The van der Waals surface area contributed by atoms with Gasteiger partial charge in [0, 0.05) is 12.7 Å². The van der Waals surface area contributed by atoms with Crippen LogP contribution >= 0.6 is 11.8 Å². The fraction of sp³-hybridized carbons (Fsp3) is 0.375. The zero-order chi connectivity index (χ0) is 21.1. The van der Waals surface area contributed by atoms with Gasteiger partial charge in [-0.1, -0.05) is 23.9 Å². The zero-order valence-corrected chi connectivity index (χ0v) is 16.2. The predicted octanol–water partition coefficient (Wildman–Crippen LogP) is 1.82. The van der Waals surface area contributed by atoms with Gasteiger partial charge in [0.2, 0.25) is 17.0 Å². The first-order chi connectivity index (χ1) is 13.0. The maximum absolute atomic E-state index is 12.6. The Hall–Kier alpha value is -2.76. The Labute approximate surface area is 163 Å². The summed E-state index contributed by atoms with van der Waals surface area (Å²) in [6.45, 7) is 3.52. The van der Waals surface area contributed by atoms with Crippen molar-refractivity contribution in [2.45, 2.75) is 25.2 Å². The molecule has 0 spiro atoms. The Morgan fingerprint density at radius 1 is 1.29 bits per heavy atom. The molecule has 1 aromatic carbocycles. The highest BCUT2D eigenvalue weighted by Crippen LogP contribution is 2.28. The van der Waals surface area contributed by atoms with Gasteiger partial charge < -0.3 is 16.1 Å². The van der Waals surface area contributed by atoms with E-state index in [1.165, 1.54) is 7.05 Å². The van der Waals surface area contributed by atoms with Gasteiger partial charge in [0.1, 0.15) is 0 Å². The third-order valence-corrected chi connectivity index (χ3v) is 4.64. The third-order valence-electron chi connectivity index (χ3n) is 3.72. The molecule has 1 heterocycles. The second-order valence-corrected chi connectivity index (χ2v) is 7.02. The van der Waals surface area contributed by atoms with Gasteiger partial charge in [0.25, 0.3) is 5.82 Å². The van der Waals surface area contributed by atoms with Crippen molar-refractivity contribution in [2.24, 2.45) is 0 Å². The van der Waals surface area contributed by atoms with Crippen molar-refractivity contribution in [1.82, 2.24) is 19.8 Å². The number of anilines is 1. The van der Waals surface area contributed by atoms with Gasteiger partial charge in [-0.3, -0.25) is 9.59 Å². The van der Waals surface area contributed by atoms with Crippen LogP contribution < -0.4 is 11.2 Å². The van der Waals surface area contributed by atoms with Crippen LogP contribution in [0.2, 0.25) is 0 Å². The van der Waals surface area contributed by atoms with Crippen LogP contribution in [0.25, 0.3) is 0 Å². The summed E-state index contributed by atoms with van der Waals surface area (Å²) in [4.78, 5) is 25.5. The van der Waals surface area contributed by atoms with E-state index in [0.29, 0.717) is 17.4 Å². The molecule has 3 N–H and O–H groups in total. The minimum absolute atomic E-state index is 0.212. The van der Waals surface area contributed by atoms with Crippen LogP contribution in [-0.4, -0.2) is 50.9 Å². The lowest BCUT2D eigenvalue weighted by atomic mass is 10.1. The Kier molecular flexibility index (Phi) is 6.54. The molecule has 28 heavy (non-hydrogen) atoms. The molecule has 0 saturated heterocycles. The first-order valence-corrected chi connectivity index (χ1v) is 8.99. The number of aromatic nitrogens is 3. The lowest BCUT2D eigenvalue weighted by Gasteiger charge is -2.17. The van der Waals surface area contributed by atoms with Crippen LogP contribution in [-0.2, 0) is 15.8 Å². The largest absolute Gasteiger partial charge is 0.453 e. The number of thioether (sulfide) groups is 1. The quantitative estimate of drug-likeness (QED) is 0.550. The number of nitrogens with zero attached hydrogens (tertiary/aromatic N) is 4. The van der Waals surface area contributed by atoms with E-state index in [9.17, 15) is 22.8 Å². The maximum Gasteiger partial charge on any atom is 0.453 e. The van der Waals surface area contributed by atoms with E-state index in [4.69, 9.17) is 5.84 Å². The number of hydrogen-bond acceptors (Lipinski definition) is 6. The summed E-state index contributed by atoms with van der Waals surface area (Å²) in [7, 11) is 1.42. The summed E-state index contributed by atoms with van der Waals surface area (Å²) in [5.74, 6) is 2.83. The van der Waals surface area contributed by atoms with Crippen LogP contribution in [0.5, 0.6) is 0 Å². The lowest BCUT2D eigenvalue weighted by Crippen LogP contribution is -2.36. The fourth-order valence-electron chi connectivity index (χ4n) is 2.17. The third kappa shape index (κ3) is 5.38. The van der Waals surface area contributed by atoms with Gasteiger partial charge in [-0.15, -0.1) is 10.2 Å². The molecule has 0 radical (unpaired) electrons. The van der Waals surface area contributed by atoms with Crippen LogP contribution in [0.15, 0.2) is 23.4 Å². The highest BCUT2D eigenvalue weighted by Gasteiger charge is 2.38. The Balaban J connectivity index is 1.90. The molecule has 0 atom stereocenters. The molecule has 152 valence electrons. The standard InChI is InChI=1S/C16H19F3N6O2S/c1-9-4-5-10(2)11(6-9)21-12(26)7-24(3)13(27)8-28-15-23-22-14(25(15)20)16(17,18)19/h4-6H,7-8,20H2,1-3H3,(H,21,26). The summed E-state index contributed by atoms with van der Waals surface area (Å²) in [5.41, 5.74) is 2.51. The monoisotopic (exact) mass is 416 g/mol. The zero-order valence-electron chi connectivity index (χ0n) is 15.4. The molecule has 12 heteroatoms. The number of nitrogens with one attached hydrogen (secondary N) is 1. The van der Waals surface area contributed by atoms with Crippen molar-refractivity contribution in [1.29, 1.82) is 0 Å². The summed E-state index contributed by atoms with van der Waals surface area (Å²) in [5, 5.41) is 8.78. The average Bonchev–Trinajstić information content (AvgIpc) is 2.96. The Bertz CT molecular complexity index is 884. The molecule has 2 amide bonds. The van der Waals surface area contributed by atoms with E-state index >= 15 is 0 Å². The van der Waals surface area contributed by atoms with Crippen molar-refractivity contribution >= 4 is 29.3 Å². The molecule has 0 fully saturated rings. The number of nitrogens with two attached hydrogens (primary N) is 1. The van der Waals surface area contributed by atoms with Crippen molar-refractivity contribution in [3.63, 3.8) is 0 Å². The molecule has 1 aromatic heterocycles. The molecule has 0 aliphatic heterocycles. The topological polar surface area (TPSA) is 106 Å². The minimum atomic E-state index is -4.74. The molecule has 2 rings (SSSR count). The molecule has 0 aliphatic carbocycles. The van der Waals surface area contributed by atoms with Crippen LogP contribution in [0, 0.1) is 13.8 Å². The maximum atomic E-state index is 12.6. The van der Waals surface area contributed by atoms with E-state index in [2.05, 4.69) is 15.5 Å². The number of likely N-dealkylation sites (N-methyl/N-ethyl adjacent to an activating group) is 1. The van der Waals surface area contributed by atoms with Crippen molar-refractivity contribution in [3.05, 3.63) is 35.2 Å². The van der Waals surface area contributed by atoms with Gasteiger partial charge in [-0.2, -0.15) is 13.2 Å². The van der Waals surface area contributed by atoms with Crippen molar-refractivity contribution in [2.75, 3.05) is 30.5 Å². The fourth-order valence-corrected chi connectivity index (χ4v) is 2.97. The van der Waals surface area contributed by atoms with E-state index in [-0.39, 0.29) is 22.1 Å². The smallest absolute Gasteiger partial charge is 0.336 e. The molecule has 8 nitrogen and oxygen atoms in total. The molecule has 0 saturated carbocycles. The molecular weight excluding hydrogens is 397 g/mol. The first kappa shape index (κ1) is 21.5. The number of rotatable bonds is 6. The Morgan fingerprint density at radius 3 is 2.57 bits per heavy atom. The number of aryl methyl sites for hydroxylation is 2. The van der Waals surface area contributed by atoms with Gasteiger partial charge >= 0.3 is 6.18 Å². The number of carbonyl (C=O) groups excluding carboxylic acids is 2. The van der Waals surface area contributed by atoms with Crippen LogP contribution in [0.4, 0.5) is 18.9 Å². The summed E-state index contributed by atoms with van der Waals surface area (Å²) < 4.78 is 38.2. The van der Waals surface area contributed by atoms with Crippen molar-refractivity contribution < 1.29 is 22.8 Å². The molecular formula is C16H19F3N6O2S. The predicted molar refractivity (Wildman–Crippen MR) is 98.1 cm³/mol. The highest BCUT2D eigenvalue weighted by molar-refractivity contribution is 7.99. The number of hydrogen-bond donors (Lipinski definition) is 2. The van der Waals surface area contributed by atoms with Crippen molar-refractivity contribution in [3.8, 4) is 0 Å². The van der Waals surface area contributed by atoms with E-state index in [0.717, 1.165) is 16.0 Å². The second-order valence-electron chi connectivity index (χ2n) is 6.08. The van der Waals surface area contributed by atoms with Crippen LogP contribution in [0.3, 0.4) is 0 Å². The second kappa shape index (κ2) is 8.50. The molecule has 0 unspecified atom stereocenters. The SMILES string of the molecule is Cc1ccc(C)c(NC(=O)CN(C)C(=O)CSc2nnc(C(F)(F)F)n2N)c1. The number of halogens is 3. The highest BCUT2D eigenvalue weighted by atomic mass is 32.2. The van der Waals surface area contributed by atoms with Gasteiger partial charge in [0.15, 0.2) is 0 Å². The van der Waals surface area contributed by atoms with Gasteiger partial charge in [0.05, 0.1) is 12.3 Å².